The van der Waals surface area contributed by atoms with Crippen LogP contribution in [0.1, 0.15) is 27.4 Å². The van der Waals surface area contributed by atoms with Gasteiger partial charge in [-0.25, -0.2) is 4.79 Å². The van der Waals surface area contributed by atoms with Crippen LogP contribution in [0, 0.1) is 13.8 Å². The van der Waals surface area contributed by atoms with Crippen LogP contribution in [0.4, 0.5) is 5.69 Å². The number of carboxylic acid groups (broad SMARTS) is 1. The van der Waals surface area contributed by atoms with Crippen LogP contribution in [0.25, 0.3) is 0 Å². The van der Waals surface area contributed by atoms with Gasteiger partial charge in [-0.15, -0.1) is 0 Å². The van der Waals surface area contributed by atoms with E-state index in [1.54, 1.807) is 18.2 Å². The topological polar surface area (TPSA) is 75.4 Å². The van der Waals surface area contributed by atoms with Gasteiger partial charge in [-0.2, -0.15) is 0 Å². The van der Waals surface area contributed by atoms with E-state index in [2.05, 4.69) is 26.4 Å². The molecule has 0 radical (unpaired) electrons. The van der Waals surface area contributed by atoms with E-state index >= 15 is 0 Å². The third kappa shape index (κ3) is 2.96. The minimum atomic E-state index is -0.970. The van der Waals surface area contributed by atoms with E-state index in [1.807, 2.05) is 13.8 Å². The number of hydrogen-bond acceptors (Lipinski definition) is 4. The molecule has 5 nitrogen and oxygen atoms in total. The van der Waals surface area contributed by atoms with Gasteiger partial charge in [0.05, 0.1) is 11.3 Å². The van der Waals surface area contributed by atoms with Crippen molar-refractivity contribution in [2.24, 2.45) is 0 Å². The number of aryl methyl sites for hydroxylation is 2. The van der Waals surface area contributed by atoms with Gasteiger partial charge in [0.1, 0.15) is 5.76 Å². The Morgan fingerprint density at radius 3 is 2.79 bits per heavy atom. The molecule has 0 atom stereocenters. The molecule has 2 rings (SSSR count). The highest BCUT2D eigenvalue weighted by atomic mass is 79.9. The van der Waals surface area contributed by atoms with Crippen LogP contribution in [-0.4, -0.2) is 16.2 Å². The van der Waals surface area contributed by atoms with Crippen molar-refractivity contribution in [2.75, 3.05) is 5.32 Å². The zero-order valence-corrected chi connectivity index (χ0v) is 12.1. The predicted molar refractivity (Wildman–Crippen MR) is 74.4 cm³/mol. The molecule has 1 heterocycles. The second-order valence-electron chi connectivity index (χ2n) is 4.15. The smallest absolute Gasteiger partial charge is 0.337 e. The van der Waals surface area contributed by atoms with Gasteiger partial charge in [-0.1, -0.05) is 21.1 Å². The number of rotatable bonds is 4. The van der Waals surface area contributed by atoms with Crippen LogP contribution < -0.4 is 5.32 Å². The minimum absolute atomic E-state index is 0.223. The molecule has 1 aromatic carbocycles. The first-order chi connectivity index (χ1) is 8.99. The molecule has 0 spiro atoms. The Morgan fingerprint density at radius 2 is 2.21 bits per heavy atom. The number of carboxylic acids is 1. The van der Waals surface area contributed by atoms with E-state index in [4.69, 9.17) is 9.63 Å². The number of nitrogens with zero attached hydrogens (tertiary/aromatic N) is 1. The van der Waals surface area contributed by atoms with Crippen LogP contribution in [0.15, 0.2) is 27.2 Å². The van der Waals surface area contributed by atoms with Crippen molar-refractivity contribution in [3.05, 3.63) is 45.3 Å². The van der Waals surface area contributed by atoms with Crippen LogP contribution >= 0.6 is 15.9 Å². The fraction of sp³-hybridized carbons (Fsp3) is 0.231. The summed E-state index contributed by atoms with van der Waals surface area (Å²) < 4.78 is 5.80. The van der Waals surface area contributed by atoms with Crippen LogP contribution in [-0.2, 0) is 6.54 Å². The number of anilines is 1. The molecule has 100 valence electrons. The molecule has 2 aromatic rings. The van der Waals surface area contributed by atoms with Gasteiger partial charge in [0.2, 0.25) is 0 Å². The Hall–Kier alpha value is -1.82. The number of carbonyl (C=O) groups is 1. The Balaban J connectivity index is 2.23. The predicted octanol–water partition coefficient (Wildman–Crippen LogP) is 3.36. The SMILES string of the molecule is Cc1noc(C)c1CNc1ccc(Br)cc1C(=O)O. The highest BCUT2D eigenvalue weighted by molar-refractivity contribution is 9.10. The Kier molecular flexibility index (Phi) is 3.90. The van der Waals surface area contributed by atoms with Gasteiger partial charge in [0.15, 0.2) is 0 Å². The van der Waals surface area contributed by atoms with E-state index in [0.29, 0.717) is 12.2 Å². The highest BCUT2D eigenvalue weighted by Gasteiger charge is 2.13. The van der Waals surface area contributed by atoms with E-state index in [0.717, 1.165) is 21.5 Å². The fourth-order valence-corrected chi connectivity index (χ4v) is 2.15. The van der Waals surface area contributed by atoms with Crippen molar-refractivity contribution < 1.29 is 14.4 Å². The minimum Gasteiger partial charge on any atom is -0.478 e. The molecule has 0 amide bonds. The fourth-order valence-electron chi connectivity index (χ4n) is 1.79. The normalized spacial score (nSPS) is 10.5. The zero-order valence-electron chi connectivity index (χ0n) is 10.5. The lowest BCUT2D eigenvalue weighted by Gasteiger charge is -2.09. The number of hydrogen-bond donors (Lipinski definition) is 2. The number of aromatic carboxylic acids is 1. The van der Waals surface area contributed by atoms with E-state index in [1.165, 1.54) is 0 Å². The van der Waals surface area contributed by atoms with Crippen LogP contribution in [0.5, 0.6) is 0 Å². The largest absolute Gasteiger partial charge is 0.478 e. The molecule has 0 aliphatic heterocycles. The van der Waals surface area contributed by atoms with Gasteiger partial charge in [-0.3, -0.25) is 0 Å². The maximum Gasteiger partial charge on any atom is 0.337 e. The van der Waals surface area contributed by atoms with Crippen LogP contribution in [0.2, 0.25) is 0 Å². The number of benzene rings is 1. The van der Waals surface area contributed by atoms with Crippen molar-refractivity contribution >= 4 is 27.6 Å². The summed E-state index contributed by atoms with van der Waals surface area (Å²) in [4.78, 5) is 11.2. The third-order valence-electron chi connectivity index (χ3n) is 2.85. The molecule has 19 heavy (non-hydrogen) atoms. The zero-order chi connectivity index (χ0) is 14.0. The Morgan fingerprint density at radius 1 is 1.47 bits per heavy atom. The lowest BCUT2D eigenvalue weighted by atomic mass is 10.1. The molecule has 0 saturated heterocycles. The van der Waals surface area contributed by atoms with Gasteiger partial charge < -0.3 is 14.9 Å². The van der Waals surface area contributed by atoms with E-state index in [-0.39, 0.29) is 5.56 Å². The molecular formula is C13H13BrN2O3. The van der Waals surface area contributed by atoms with Crippen molar-refractivity contribution in [3.63, 3.8) is 0 Å². The number of aromatic nitrogens is 1. The lowest BCUT2D eigenvalue weighted by Crippen LogP contribution is -2.07. The quantitative estimate of drug-likeness (QED) is 0.901. The average Bonchev–Trinajstić information content (AvgIpc) is 2.68. The van der Waals surface area contributed by atoms with Gasteiger partial charge in [0, 0.05) is 22.3 Å². The molecule has 2 N–H and O–H groups in total. The monoisotopic (exact) mass is 324 g/mol. The molecular weight excluding hydrogens is 312 g/mol. The van der Waals surface area contributed by atoms with Crippen molar-refractivity contribution in [3.8, 4) is 0 Å². The van der Waals surface area contributed by atoms with Crippen molar-refractivity contribution in [1.82, 2.24) is 5.16 Å². The first kappa shape index (κ1) is 13.6. The summed E-state index contributed by atoms with van der Waals surface area (Å²) in [6.45, 7) is 4.16. The van der Waals surface area contributed by atoms with Gasteiger partial charge in [-0.05, 0) is 32.0 Å². The van der Waals surface area contributed by atoms with E-state index in [9.17, 15) is 4.79 Å². The molecule has 0 bridgehead atoms. The summed E-state index contributed by atoms with van der Waals surface area (Å²) >= 11 is 3.26. The molecule has 6 heteroatoms. The summed E-state index contributed by atoms with van der Waals surface area (Å²) in [5.74, 6) is -0.235. The second-order valence-corrected chi connectivity index (χ2v) is 5.07. The standard InChI is InChI=1S/C13H13BrN2O3/c1-7-11(8(2)19-16-7)6-15-12-4-3-9(14)5-10(12)13(17)18/h3-5,15H,6H2,1-2H3,(H,17,18). The van der Waals surface area contributed by atoms with E-state index < -0.39 is 5.97 Å². The Bertz CT molecular complexity index is 603. The highest BCUT2D eigenvalue weighted by Crippen LogP contribution is 2.22. The lowest BCUT2D eigenvalue weighted by molar-refractivity contribution is 0.0698. The molecule has 0 unspecified atom stereocenters. The van der Waals surface area contributed by atoms with Crippen molar-refractivity contribution in [1.29, 1.82) is 0 Å². The third-order valence-corrected chi connectivity index (χ3v) is 3.34. The summed E-state index contributed by atoms with van der Waals surface area (Å²) in [7, 11) is 0. The van der Waals surface area contributed by atoms with Gasteiger partial charge >= 0.3 is 5.97 Å². The summed E-state index contributed by atoms with van der Waals surface area (Å²) in [5, 5.41) is 16.1. The number of nitrogens with one attached hydrogen (secondary N) is 1. The molecule has 0 aliphatic rings. The van der Waals surface area contributed by atoms with Crippen molar-refractivity contribution in [2.45, 2.75) is 20.4 Å². The Labute approximate surface area is 118 Å². The van der Waals surface area contributed by atoms with Crippen LogP contribution in [0.3, 0.4) is 0 Å². The maximum absolute atomic E-state index is 11.2. The second kappa shape index (κ2) is 5.44. The average molecular weight is 325 g/mol. The summed E-state index contributed by atoms with van der Waals surface area (Å²) in [6, 6.07) is 5.09. The maximum atomic E-state index is 11.2. The summed E-state index contributed by atoms with van der Waals surface area (Å²) in [5.41, 5.74) is 2.54. The first-order valence-electron chi connectivity index (χ1n) is 5.67. The van der Waals surface area contributed by atoms with Gasteiger partial charge in [0.25, 0.3) is 0 Å². The molecule has 0 saturated carbocycles. The molecule has 0 aliphatic carbocycles. The molecule has 1 aromatic heterocycles. The summed E-state index contributed by atoms with van der Waals surface area (Å²) in [6.07, 6.45) is 0. The molecule has 0 fully saturated rings. The number of halogens is 1. The first-order valence-corrected chi connectivity index (χ1v) is 6.47.